The van der Waals surface area contributed by atoms with Crippen LogP contribution < -0.4 is 5.30 Å². The van der Waals surface area contributed by atoms with Crippen LogP contribution in [0.1, 0.15) is 12.5 Å². The summed E-state index contributed by atoms with van der Waals surface area (Å²) < 4.78 is 16.2. The molecule has 0 aromatic heterocycles. The SMILES string of the molecule is CCOP(=O)(O)c1ccc(C)cc1. The first-order valence-corrected chi connectivity index (χ1v) is 5.68. The molecule has 0 aliphatic carbocycles. The Morgan fingerprint density at radius 3 is 2.38 bits per heavy atom. The maximum absolute atomic E-state index is 11.5. The first-order valence-electron chi connectivity index (χ1n) is 4.11. The lowest BCUT2D eigenvalue weighted by atomic mass is 10.2. The Morgan fingerprint density at radius 1 is 1.38 bits per heavy atom. The van der Waals surface area contributed by atoms with Crippen LogP contribution in [0.25, 0.3) is 0 Å². The normalized spacial score (nSPS) is 15.3. The lowest BCUT2D eigenvalue weighted by Gasteiger charge is -2.10. The fourth-order valence-corrected chi connectivity index (χ4v) is 2.01. The molecule has 0 aliphatic heterocycles. The van der Waals surface area contributed by atoms with Crippen molar-refractivity contribution in [2.45, 2.75) is 13.8 Å². The first-order chi connectivity index (χ1) is 6.06. The van der Waals surface area contributed by atoms with Crippen LogP contribution in [-0.4, -0.2) is 11.5 Å². The Morgan fingerprint density at radius 2 is 1.92 bits per heavy atom. The van der Waals surface area contributed by atoms with Crippen molar-refractivity contribution in [2.75, 3.05) is 6.61 Å². The Labute approximate surface area is 77.9 Å². The maximum Gasteiger partial charge on any atom is 0.358 e. The van der Waals surface area contributed by atoms with Crippen molar-refractivity contribution in [1.29, 1.82) is 0 Å². The third-order valence-electron chi connectivity index (χ3n) is 1.66. The monoisotopic (exact) mass is 200 g/mol. The molecule has 1 aromatic carbocycles. The largest absolute Gasteiger partial charge is 0.358 e. The smallest absolute Gasteiger partial charge is 0.321 e. The van der Waals surface area contributed by atoms with Crippen molar-refractivity contribution >= 4 is 12.9 Å². The molecule has 0 saturated heterocycles. The summed E-state index contributed by atoms with van der Waals surface area (Å²) in [5, 5.41) is 0.347. The van der Waals surface area contributed by atoms with Gasteiger partial charge in [-0.3, -0.25) is 4.57 Å². The number of aryl methyl sites for hydroxylation is 1. The van der Waals surface area contributed by atoms with Gasteiger partial charge in [0.2, 0.25) is 0 Å². The van der Waals surface area contributed by atoms with Crippen LogP contribution in [0.2, 0.25) is 0 Å². The highest BCUT2D eigenvalue weighted by Crippen LogP contribution is 2.40. The molecule has 0 radical (unpaired) electrons. The summed E-state index contributed by atoms with van der Waals surface area (Å²) in [5.74, 6) is 0. The van der Waals surface area contributed by atoms with Gasteiger partial charge in [0, 0.05) is 0 Å². The Balaban J connectivity index is 2.94. The van der Waals surface area contributed by atoms with Crippen LogP contribution >= 0.6 is 7.60 Å². The molecule has 0 bridgehead atoms. The summed E-state index contributed by atoms with van der Waals surface area (Å²) in [5.41, 5.74) is 1.06. The van der Waals surface area contributed by atoms with Crippen LogP contribution in [0.15, 0.2) is 24.3 Å². The van der Waals surface area contributed by atoms with E-state index in [2.05, 4.69) is 0 Å². The minimum absolute atomic E-state index is 0.238. The van der Waals surface area contributed by atoms with Crippen molar-refractivity contribution in [3.05, 3.63) is 29.8 Å². The van der Waals surface area contributed by atoms with Crippen LogP contribution in [0.5, 0.6) is 0 Å². The Hall–Kier alpha value is -0.630. The summed E-state index contributed by atoms with van der Waals surface area (Å²) in [6, 6.07) is 6.81. The molecular formula is C9H13O3P. The van der Waals surface area contributed by atoms with E-state index in [4.69, 9.17) is 4.52 Å². The molecule has 0 saturated carbocycles. The zero-order valence-electron chi connectivity index (χ0n) is 7.73. The molecule has 0 aliphatic rings. The number of hydrogen-bond donors (Lipinski definition) is 1. The van der Waals surface area contributed by atoms with Gasteiger partial charge in [-0.1, -0.05) is 17.7 Å². The molecule has 0 fully saturated rings. The van der Waals surface area contributed by atoms with Gasteiger partial charge in [-0.2, -0.15) is 0 Å². The highest BCUT2D eigenvalue weighted by Gasteiger charge is 2.20. The molecule has 1 rings (SSSR count). The van der Waals surface area contributed by atoms with Crippen molar-refractivity contribution < 1.29 is 14.0 Å². The van der Waals surface area contributed by atoms with Gasteiger partial charge in [0.05, 0.1) is 11.9 Å². The predicted molar refractivity (Wildman–Crippen MR) is 52.3 cm³/mol. The van der Waals surface area contributed by atoms with Crippen molar-refractivity contribution in [3.8, 4) is 0 Å². The van der Waals surface area contributed by atoms with E-state index in [0.717, 1.165) is 5.56 Å². The van der Waals surface area contributed by atoms with E-state index in [0.29, 0.717) is 5.30 Å². The van der Waals surface area contributed by atoms with E-state index in [-0.39, 0.29) is 6.61 Å². The first kappa shape index (κ1) is 10.5. The highest BCUT2D eigenvalue weighted by molar-refractivity contribution is 7.61. The van der Waals surface area contributed by atoms with E-state index in [1.165, 1.54) is 0 Å². The standard InChI is InChI=1S/C9H13O3P/c1-3-12-13(10,11)9-6-4-8(2)5-7-9/h4-7H,3H2,1-2H3,(H,10,11). The van der Waals surface area contributed by atoms with E-state index >= 15 is 0 Å². The van der Waals surface area contributed by atoms with Gasteiger partial charge in [-0.15, -0.1) is 0 Å². The second-order valence-electron chi connectivity index (χ2n) is 2.77. The molecule has 0 amide bonds. The summed E-state index contributed by atoms with van der Waals surface area (Å²) in [7, 11) is -3.56. The lowest BCUT2D eigenvalue weighted by molar-refractivity contribution is 0.284. The van der Waals surface area contributed by atoms with E-state index in [9.17, 15) is 9.46 Å². The summed E-state index contributed by atoms with van der Waals surface area (Å²) >= 11 is 0. The van der Waals surface area contributed by atoms with Crippen molar-refractivity contribution in [3.63, 3.8) is 0 Å². The maximum atomic E-state index is 11.5. The van der Waals surface area contributed by atoms with Crippen LogP contribution in [-0.2, 0) is 9.09 Å². The Kier molecular flexibility index (Phi) is 3.26. The van der Waals surface area contributed by atoms with E-state index in [1.807, 2.05) is 6.92 Å². The summed E-state index contributed by atoms with van der Waals surface area (Å²) in [6.07, 6.45) is 0. The van der Waals surface area contributed by atoms with Gasteiger partial charge in [0.15, 0.2) is 0 Å². The zero-order valence-corrected chi connectivity index (χ0v) is 8.62. The molecule has 1 N–H and O–H groups in total. The van der Waals surface area contributed by atoms with Gasteiger partial charge < -0.3 is 9.42 Å². The minimum Gasteiger partial charge on any atom is -0.321 e. The molecular weight excluding hydrogens is 187 g/mol. The fourth-order valence-electron chi connectivity index (χ4n) is 0.983. The van der Waals surface area contributed by atoms with Crippen molar-refractivity contribution in [1.82, 2.24) is 0 Å². The molecule has 4 heteroatoms. The summed E-state index contributed by atoms with van der Waals surface area (Å²) in [6.45, 7) is 3.85. The number of hydrogen-bond acceptors (Lipinski definition) is 2. The lowest BCUT2D eigenvalue weighted by Crippen LogP contribution is -2.06. The number of benzene rings is 1. The van der Waals surface area contributed by atoms with Crippen molar-refractivity contribution in [2.24, 2.45) is 0 Å². The van der Waals surface area contributed by atoms with Gasteiger partial charge >= 0.3 is 7.60 Å². The second kappa shape index (κ2) is 4.05. The average Bonchev–Trinajstić information content (AvgIpc) is 2.05. The van der Waals surface area contributed by atoms with Crippen LogP contribution in [0, 0.1) is 6.92 Å². The molecule has 1 unspecified atom stereocenters. The third kappa shape index (κ3) is 2.66. The Bertz CT molecular complexity index is 318. The van der Waals surface area contributed by atoms with Gasteiger partial charge in [0.1, 0.15) is 0 Å². The zero-order chi connectivity index (χ0) is 9.90. The van der Waals surface area contributed by atoms with Crippen LogP contribution in [0.4, 0.5) is 0 Å². The van der Waals surface area contributed by atoms with Gasteiger partial charge in [-0.05, 0) is 26.0 Å². The minimum atomic E-state index is -3.56. The average molecular weight is 200 g/mol. The molecule has 13 heavy (non-hydrogen) atoms. The highest BCUT2D eigenvalue weighted by atomic mass is 31.2. The molecule has 1 atom stereocenters. The predicted octanol–water partition coefficient (Wildman–Crippen LogP) is 1.84. The quantitative estimate of drug-likeness (QED) is 0.757. The molecule has 72 valence electrons. The molecule has 0 heterocycles. The third-order valence-corrected chi connectivity index (χ3v) is 3.22. The topological polar surface area (TPSA) is 46.5 Å². The second-order valence-corrected chi connectivity index (χ2v) is 4.59. The fraction of sp³-hybridized carbons (Fsp3) is 0.333. The number of rotatable bonds is 3. The molecule has 1 aromatic rings. The molecule has 3 nitrogen and oxygen atoms in total. The van der Waals surface area contributed by atoms with Gasteiger partial charge in [0.25, 0.3) is 0 Å². The van der Waals surface area contributed by atoms with E-state index in [1.54, 1.807) is 31.2 Å². The summed E-state index contributed by atoms with van der Waals surface area (Å²) in [4.78, 5) is 9.41. The van der Waals surface area contributed by atoms with Crippen LogP contribution in [0.3, 0.4) is 0 Å². The molecule has 0 spiro atoms. The van der Waals surface area contributed by atoms with E-state index < -0.39 is 7.60 Å². The van der Waals surface area contributed by atoms with Gasteiger partial charge in [-0.25, -0.2) is 0 Å².